The fourth-order valence-corrected chi connectivity index (χ4v) is 1.22. The molecule has 0 fully saturated rings. The Morgan fingerprint density at radius 3 is 2.79 bits per heavy atom. The van der Waals surface area contributed by atoms with E-state index in [4.69, 9.17) is 11.6 Å². The number of hydrogen-bond donors (Lipinski definition) is 0. The first-order valence-electron chi connectivity index (χ1n) is 3.76. The first-order chi connectivity index (χ1) is 6.57. The topological polar surface area (TPSA) is 26.3 Å². The van der Waals surface area contributed by atoms with E-state index >= 15 is 0 Å². The van der Waals surface area contributed by atoms with E-state index in [1.165, 1.54) is 6.92 Å². The average molecular weight is 221 g/mol. The fraction of sp³-hybridized carbons (Fsp3) is 0.222. The highest BCUT2D eigenvalue weighted by molar-refractivity contribution is 6.32. The minimum Gasteiger partial charge on any atom is -0.463 e. The van der Waals surface area contributed by atoms with Crippen LogP contribution in [-0.4, -0.2) is 6.47 Å². The second-order valence-corrected chi connectivity index (χ2v) is 3.06. The molecule has 2 nitrogen and oxygen atoms in total. The van der Waals surface area contributed by atoms with Crippen molar-refractivity contribution in [3.05, 3.63) is 33.9 Å². The van der Waals surface area contributed by atoms with Crippen LogP contribution in [0.15, 0.2) is 6.07 Å². The first-order valence-corrected chi connectivity index (χ1v) is 4.14. The zero-order chi connectivity index (χ0) is 10.7. The predicted octanol–water partition coefficient (Wildman–Crippen LogP) is 2.60. The Hall–Kier alpha value is -1.16. The second kappa shape index (κ2) is 4.37. The van der Waals surface area contributed by atoms with E-state index in [1.807, 2.05) is 0 Å². The molecule has 0 amide bonds. The Bertz CT molecular complexity index is 366. The predicted molar refractivity (Wildman–Crippen MR) is 47.0 cm³/mol. The van der Waals surface area contributed by atoms with E-state index in [9.17, 15) is 13.6 Å². The summed E-state index contributed by atoms with van der Waals surface area (Å²) >= 11 is 5.70. The fourth-order valence-electron chi connectivity index (χ4n) is 1.02. The molecule has 1 rings (SSSR count). The van der Waals surface area contributed by atoms with Crippen molar-refractivity contribution in [2.24, 2.45) is 0 Å². The van der Waals surface area contributed by atoms with Crippen molar-refractivity contribution in [2.75, 3.05) is 0 Å². The van der Waals surface area contributed by atoms with Crippen LogP contribution >= 0.6 is 11.6 Å². The van der Waals surface area contributed by atoms with Gasteiger partial charge in [-0.05, 0) is 13.0 Å². The molecule has 0 unspecified atom stereocenters. The summed E-state index contributed by atoms with van der Waals surface area (Å²) in [5.41, 5.74) is 0.256. The second-order valence-electron chi connectivity index (χ2n) is 2.68. The lowest BCUT2D eigenvalue weighted by atomic mass is 10.1. The molecule has 0 heterocycles. The van der Waals surface area contributed by atoms with Gasteiger partial charge in [-0.25, -0.2) is 8.78 Å². The van der Waals surface area contributed by atoms with Crippen molar-refractivity contribution in [3.63, 3.8) is 0 Å². The molecule has 0 saturated heterocycles. The average Bonchev–Trinajstić information content (AvgIpc) is 2.18. The molecule has 0 aliphatic carbocycles. The normalized spacial score (nSPS) is 10.0. The van der Waals surface area contributed by atoms with Crippen LogP contribution in [-0.2, 0) is 16.1 Å². The van der Waals surface area contributed by atoms with E-state index < -0.39 is 11.6 Å². The Morgan fingerprint density at radius 1 is 1.57 bits per heavy atom. The summed E-state index contributed by atoms with van der Waals surface area (Å²) in [5.74, 6) is -1.98. The highest BCUT2D eigenvalue weighted by Crippen LogP contribution is 2.25. The zero-order valence-electron chi connectivity index (χ0n) is 7.31. The van der Waals surface area contributed by atoms with E-state index in [1.54, 1.807) is 0 Å². The van der Waals surface area contributed by atoms with Gasteiger partial charge in [0.05, 0.1) is 5.02 Å². The third-order valence-corrected chi connectivity index (χ3v) is 2.28. The lowest BCUT2D eigenvalue weighted by Gasteiger charge is -2.07. The summed E-state index contributed by atoms with van der Waals surface area (Å²) in [6, 6.07) is 0.911. The van der Waals surface area contributed by atoms with Gasteiger partial charge in [-0.1, -0.05) is 11.6 Å². The Kier molecular flexibility index (Phi) is 3.41. The van der Waals surface area contributed by atoms with Crippen LogP contribution < -0.4 is 0 Å². The zero-order valence-corrected chi connectivity index (χ0v) is 8.07. The number of carbonyl (C=O) groups excluding carboxylic acids is 1. The van der Waals surface area contributed by atoms with Crippen molar-refractivity contribution in [1.82, 2.24) is 0 Å². The van der Waals surface area contributed by atoms with Crippen LogP contribution in [0.25, 0.3) is 0 Å². The molecular formula is C9H7ClF2O2. The molecule has 1 aromatic rings. The van der Waals surface area contributed by atoms with Gasteiger partial charge in [0, 0.05) is 11.1 Å². The van der Waals surface area contributed by atoms with Crippen molar-refractivity contribution >= 4 is 18.1 Å². The van der Waals surface area contributed by atoms with Gasteiger partial charge in [0.15, 0.2) is 11.6 Å². The smallest absolute Gasteiger partial charge is 0.293 e. The van der Waals surface area contributed by atoms with Gasteiger partial charge in [0.1, 0.15) is 6.61 Å². The van der Waals surface area contributed by atoms with Gasteiger partial charge in [0.25, 0.3) is 6.47 Å². The number of rotatable bonds is 3. The minimum absolute atomic E-state index is 0.0103. The molecule has 0 aromatic heterocycles. The van der Waals surface area contributed by atoms with Gasteiger partial charge >= 0.3 is 0 Å². The van der Waals surface area contributed by atoms with Crippen LogP contribution in [0.3, 0.4) is 0 Å². The molecule has 0 bridgehead atoms. The molecule has 1 aromatic carbocycles. The van der Waals surface area contributed by atoms with Crippen LogP contribution in [0, 0.1) is 18.6 Å². The largest absolute Gasteiger partial charge is 0.463 e. The number of carbonyl (C=O) groups is 1. The molecule has 0 N–H and O–H groups in total. The maximum absolute atomic E-state index is 12.9. The lowest BCUT2D eigenvalue weighted by Crippen LogP contribution is -1.98. The summed E-state index contributed by atoms with van der Waals surface area (Å²) in [7, 11) is 0. The van der Waals surface area contributed by atoms with Gasteiger partial charge in [-0.3, -0.25) is 4.79 Å². The molecule has 76 valence electrons. The molecule has 0 radical (unpaired) electrons. The number of hydrogen-bond acceptors (Lipinski definition) is 2. The van der Waals surface area contributed by atoms with Crippen LogP contribution in [0.5, 0.6) is 0 Å². The summed E-state index contributed by atoms with van der Waals surface area (Å²) in [4.78, 5) is 9.89. The molecule has 0 aliphatic rings. The first kappa shape index (κ1) is 10.9. The molecule has 14 heavy (non-hydrogen) atoms. The van der Waals surface area contributed by atoms with Crippen LogP contribution in [0.4, 0.5) is 8.78 Å². The maximum Gasteiger partial charge on any atom is 0.293 e. The number of ether oxygens (including phenoxy) is 1. The quantitative estimate of drug-likeness (QED) is 0.578. The third kappa shape index (κ3) is 2.01. The van der Waals surface area contributed by atoms with Crippen LogP contribution in [0.2, 0.25) is 5.02 Å². The van der Waals surface area contributed by atoms with E-state index in [-0.39, 0.29) is 29.2 Å². The number of benzene rings is 1. The minimum atomic E-state index is -1.00. The molecule has 0 spiro atoms. The maximum atomic E-state index is 12.9. The van der Waals surface area contributed by atoms with E-state index in [2.05, 4.69) is 4.74 Å². The summed E-state index contributed by atoms with van der Waals surface area (Å²) in [5, 5.41) is 0.0748. The molecule has 0 aliphatic heterocycles. The van der Waals surface area contributed by atoms with Crippen molar-refractivity contribution in [1.29, 1.82) is 0 Å². The molecule has 0 atom stereocenters. The van der Waals surface area contributed by atoms with Crippen molar-refractivity contribution in [3.8, 4) is 0 Å². The van der Waals surface area contributed by atoms with Crippen LogP contribution in [0.1, 0.15) is 11.1 Å². The summed E-state index contributed by atoms with van der Waals surface area (Å²) in [6.45, 7) is 1.40. The van der Waals surface area contributed by atoms with Gasteiger partial charge < -0.3 is 4.74 Å². The lowest BCUT2D eigenvalue weighted by molar-refractivity contribution is -0.129. The monoisotopic (exact) mass is 220 g/mol. The molecule has 5 heteroatoms. The highest BCUT2D eigenvalue weighted by Gasteiger charge is 2.13. The van der Waals surface area contributed by atoms with Gasteiger partial charge in [-0.15, -0.1) is 0 Å². The SMILES string of the molecule is Cc1c(F)c(F)cc(COC=O)c1Cl. The third-order valence-electron chi connectivity index (χ3n) is 1.76. The van der Waals surface area contributed by atoms with Crippen molar-refractivity contribution < 1.29 is 18.3 Å². The Labute approximate surface area is 84.4 Å². The summed E-state index contributed by atoms with van der Waals surface area (Å²) < 4.78 is 30.2. The Morgan fingerprint density at radius 2 is 2.21 bits per heavy atom. The van der Waals surface area contributed by atoms with Crippen molar-refractivity contribution in [2.45, 2.75) is 13.5 Å². The van der Waals surface area contributed by atoms with Gasteiger partial charge in [0.2, 0.25) is 0 Å². The molecular weight excluding hydrogens is 214 g/mol. The highest BCUT2D eigenvalue weighted by atomic mass is 35.5. The van der Waals surface area contributed by atoms with E-state index in [0.29, 0.717) is 0 Å². The summed E-state index contributed by atoms with van der Waals surface area (Å²) in [6.07, 6.45) is 0. The standard InChI is InChI=1S/C9H7ClF2O2/c1-5-8(10)6(3-14-4-13)2-7(11)9(5)12/h2,4H,3H2,1H3. The number of halogens is 3. The van der Waals surface area contributed by atoms with E-state index in [0.717, 1.165) is 6.07 Å². The molecule has 0 saturated carbocycles. The Balaban J connectivity index is 3.12. The van der Waals surface area contributed by atoms with Gasteiger partial charge in [-0.2, -0.15) is 0 Å².